The Balaban J connectivity index is 2.12. The first kappa shape index (κ1) is 14.5. The average Bonchev–Trinajstić information content (AvgIpc) is 2.85. The van der Waals surface area contributed by atoms with E-state index in [1.807, 2.05) is 7.05 Å². The van der Waals surface area contributed by atoms with Crippen LogP contribution >= 0.6 is 0 Å². The second kappa shape index (κ2) is 5.60. The molecule has 2 rings (SSSR count). The fourth-order valence-electron chi connectivity index (χ4n) is 2.69. The van der Waals surface area contributed by atoms with Crippen LogP contribution in [0.25, 0.3) is 0 Å². The molecule has 19 heavy (non-hydrogen) atoms. The van der Waals surface area contributed by atoms with Crippen LogP contribution in [-0.2, 0) is 17.1 Å². The Hall–Kier alpha value is -0.920. The van der Waals surface area contributed by atoms with Gasteiger partial charge in [-0.15, -0.1) is 0 Å². The Morgan fingerprint density at radius 1 is 1.37 bits per heavy atom. The highest BCUT2D eigenvalue weighted by atomic mass is 32.2. The summed E-state index contributed by atoms with van der Waals surface area (Å²) in [7, 11) is 1.85. The molecule has 0 bridgehead atoms. The summed E-state index contributed by atoms with van der Waals surface area (Å²) in [6, 6.07) is 2.15. The third-order valence-electron chi connectivity index (χ3n) is 4.04. The van der Waals surface area contributed by atoms with E-state index in [1.165, 1.54) is 15.2 Å². The lowest BCUT2D eigenvalue weighted by Crippen LogP contribution is -2.42. The van der Waals surface area contributed by atoms with Crippen molar-refractivity contribution < 1.29 is 8.42 Å². The van der Waals surface area contributed by atoms with Gasteiger partial charge in [0.25, 0.3) is 10.0 Å². The van der Waals surface area contributed by atoms with Crippen LogP contribution < -0.4 is 5.32 Å². The molecule has 1 aromatic rings. The number of aromatic nitrogens is 2. The van der Waals surface area contributed by atoms with E-state index >= 15 is 0 Å². The fraction of sp³-hybridized carbons (Fsp3) is 0.750. The van der Waals surface area contributed by atoms with Crippen LogP contribution in [0.5, 0.6) is 0 Å². The maximum absolute atomic E-state index is 12.5. The highest BCUT2D eigenvalue weighted by molar-refractivity contribution is 7.89. The van der Waals surface area contributed by atoms with Gasteiger partial charge >= 0.3 is 0 Å². The summed E-state index contributed by atoms with van der Waals surface area (Å²) in [6.07, 6.45) is 5.36. The molecule has 0 saturated heterocycles. The van der Waals surface area contributed by atoms with Gasteiger partial charge in [0.05, 0.1) is 6.20 Å². The molecule has 7 heteroatoms. The number of aryl methyl sites for hydroxylation is 1. The Kier molecular flexibility index (Phi) is 4.27. The van der Waals surface area contributed by atoms with Crippen molar-refractivity contribution in [3.05, 3.63) is 12.3 Å². The first-order valence-electron chi connectivity index (χ1n) is 6.60. The van der Waals surface area contributed by atoms with Gasteiger partial charge < -0.3 is 5.32 Å². The fourth-order valence-corrected chi connectivity index (χ4v) is 4.20. The molecular formula is C12H22N4O2S. The van der Waals surface area contributed by atoms with Gasteiger partial charge in [0.2, 0.25) is 0 Å². The number of rotatable bonds is 4. The maximum atomic E-state index is 12.5. The highest BCUT2D eigenvalue weighted by Crippen LogP contribution is 2.26. The van der Waals surface area contributed by atoms with Crippen LogP contribution in [0.4, 0.5) is 0 Å². The predicted molar refractivity (Wildman–Crippen MR) is 73.3 cm³/mol. The Morgan fingerprint density at radius 3 is 2.47 bits per heavy atom. The second-order valence-electron chi connectivity index (χ2n) is 5.11. The maximum Gasteiger partial charge on any atom is 0.260 e. The molecule has 1 aliphatic rings. The van der Waals surface area contributed by atoms with E-state index in [2.05, 4.69) is 10.4 Å². The van der Waals surface area contributed by atoms with Crippen LogP contribution in [-0.4, -0.2) is 48.7 Å². The van der Waals surface area contributed by atoms with E-state index in [9.17, 15) is 8.42 Å². The number of nitrogens with one attached hydrogen (secondary N) is 1. The molecule has 0 aromatic carbocycles. The first-order chi connectivity index (χ1) is 8.96. The van der Waals surface area contributed by atoms with Crippen molar-refractivity contribution in [3.63, 3.8) is 0 Å². The van der Waals surface area contributed by atoms with Crippen LogP contribution in [0.1, 0.15) is 25.7 Å². The van der Waals surface area contributed by atoms with Gasteiger partial charge in [0, 0.05) is 26.2 Å². The summed E-state index contributed by atoms with van der Waals surface area (Å²) < 4.78 is 27.9. The summed E-state index contributed by atoms with van der Waals surface area (Å²) in [4.78, 5) is 0. The van der Waals surface area contributed by atoms with Crippen molar-refractivity contribution in [2.45, 2.75) is 42.8 Å². The van der Waals surface area contributed by atoms with E-state index in [0.717, 1.165) is 25.7 Å². The molecule has 1 N–H and O–H groups in total. The van der Waals surface area contributed by atoms with E-state index < -0.39 is 10.0 Å². The van der Waals surface area contributed by atoms with Gasteiger partial charge in [0.15, 0.2) is 5.03 Å². The van der Waals surface area contributed by atoms with Crippen molar-refractivity contribution in [1.29, 1.82) is 0 Å². The third-order valence-corrected chi connectivity index (χ3v) is 6.02. The SMILES string of the molecule is CNC1CCC(N(C)S(=O)(=O)c2ccnn2C)CC1. The number of hydrogen-bond donors (Lipinski definition) is 1. The van der Waals surface area contributed by atoms with Crippen LogP contribution in [0.3, 0.4) is 0 Å². The zero-order valence-electron chi connectivity index (χ0n) is 11.7. The molecule has 0 radical (unpaired) electrons. The van der Waals surface area contributed by atoms with E-state index in [-0.39, 0.29) is 11.1 Å². The quantitative estimate of drug-likeness (QED) is 0.879. The molecule has 6 nitrogen and oxygen atoms in total. The summed E-state index contributed by atoms with van der Waals surface area (Å²) in [5.41, 5.74) is 0. The van der Waals surface area contributed by atoms with E-state index in [1.54, 1.807) is 20.2 Å². The van der Waals surface area contributed by atoms with Crippen molar-refractivity contribution in [2.24, 2.45) is 7.05 Å². The molecule has 1 saturated carbocycles. The highest BCUT2D eigenvalue weighted by Gasteiger charge is 2.32. The minimum atomic E-state index is -3.44. The number of hydrogen-bond acceptors (Lipinski definition) is 4. The summed E-state index contributed by atoms with van der Waals surface area (Å²) >= 11 is 0. The summed E-state index contributed by atoms with van der Waals surface area (Å²) in [6.45, 7) is 0. The summed E-state index contributed by atoms with van der Waals surface area (Å²) in [5.74, 6) is 0. The molecule has 1 heterocycles. The van der Waals surface area contributed by atoms with Crippen LogP contribution in [0, 0.1) is 0 Å². The largest absolute Gasteiger partial charge is 0.317 e. The lowest BCUT2D eigenvalue weighted by Gasteiger charge is -2.33. The number of sulfonamides is 1. The zero-order chi connectivity index (χ0) is 14.0. The Bertz CT molecular complexity index is 518. The minimum Gasteiger partial charge on any atom is -0.317 e. The van der Waals surface area contributed by atoms with Crippen molar-refractivity contribution in [1.82, 2.24) is 19.4 Å². The standard InChI is InChI=1S/C12H22N4O2S/c1-13-10-4-6-11(7-5-10)16(3)19(17,18)12-8-9-14-15(12)2/h8-11,13H,4-7H2,1-3H3. The van der Waals surface area contributed by atoms with E-state index in [4.69, 9.17) is 0 Å². The molecule has 0 atom stereocenters. The van der Waals surface area contributed by atoms with Crippen molar-refractivity contribution in [2.75, 3.05) is 14.1 Å². The monoisotopic (exact) mass is 286 g/mol. The smallest absolute Gasteiger partial charge is 0.260 e. The molecule has 1 aromatic heterocycles. The second-order valence-corrected chi connectivity index (χ2v) is 7.05. The van der Waals surface area contributed by atoms with Crippen LogP contribution in [0.15, 0.2) is 17.3 Å². The topological polar surface area (TPSA) is 67.2 Å². The number of nitrogens with zero attached hydrogens (tertiary/aromatic N) is 3. The lowest BCUT2D eigenvalue weighted by molar-refractivity contribution is 0.254. The molecule has 1 aliphatic carbocycles. The van der Waals surface area contributed by atoms with Gasteiger partial charge in [-0.3, -0.25) is 4.68 Å². The minimum absolute atomic E-state index is 0.0875. The zero-order valence-corrected chi connectivity index (χ0v) is 12.5. The third kappa shape index (κ3) is 2.82. The molecular weight excluding hydrogens is 264 g/mol. The van der Waals surface area contributed by atoms with Crippen molar-refractivity contribution in [3.8, 4) is 0 Å². The molecule has 108 valence electrons. The Labute approximate surface area is 114 Å². The normalized spacial score (nSPS) is 24.8. The van der Waals surface area contributed by atoms with Gasteiger partial charge in [-0.05, 0) is 38.8 Å². The summed E-state index contributed by atoms with van der Waals surface area (Å²) in [5, 5.41) is 7.45. The molecule has 1 fully saturated rings. The van der Waals surface area contributed by atoms with Crippen LogP contribution in [0.2, 0.25) is 0 Å². The molecule has 0 unspecified atom stereocenters. The molecule has 0 amide bonds. The Morgan fingerprint density at radius 2 is 2.00 bits per heavy atom. The van der Waals surface area contributed by atoms with Gasteiger partial charge in [-0.25, -0.2) is 8.42 Å². The average molecular weight is 286 g/mol. The predicted octanol–water partition coefficient (Wildman–Crippen LogP) is 0.571. The molecule has 0 aliphatic heterocycles. The van der Waals surface area contributed by atoms with Gasteiger partial charge in [-0.1, -0.05) is 0 Å². The van der Waals surface area contributed by atoms with E-state index in [0.29, 0.717) is 6.04 Å². The lowest BCUT2D eigenvalue weighted by atomic mass is 9.91. The molecule has 0 spiro atoms. The van der Waals surface area contributed by atoms with Gasteiger partial charge in [0.1, 0.15) is 0 Å². The first-order valence-corrected chi connectivity index (χ1v) is 8.04. The van der Waals surface area contributed by atoms with Crippen molar-refractivity contribution >= 4 is 10.0 Å². The van der Waals surface area contributed by atoms with Gasteiger partial charge in [-0.2, -0.15) is 9.40 Å².